The number of halogens is 1. The summed E-state index contributed by atoms with van der Waals surface area (Å²) in [4.78, 5) is 23.9. The Morgan fingerprint density at radius 2 is 2.09 bits per heavy atom. The molecule has 0 spiro atoms. The Morgan fingerprint density at radius 3 is 2.83 bits per heavy atom. The Hall–Kier alpha value is -2.89. The number of ether oxygens (including phenoxy) is 1. The van der Waals surface area contributed by atoms with Crippen LogP contribution in [0.25, 0.3) is 11.1 Å². The van der Waals surface area contributed by atoms with Crippen LogP contribution in [0.5, 0.6) is 5.75 Å². The van der Waals surface area contributed by atoms with Crippen LogP contribution in [0, 0.1) is 12.7 Å². The van der Waals surface area contributed by atoms with E-state index >= 15 is 0 Å². The monoisotopic (exact) mass is 315 g/mol. The lowest BCUT2D eigenvalue weighted by Crippen LogP contribution is -2.41. The van der Waals surface area contributed by atoms with E-state index in [-0.39, 0.29) is 12.4 Å². The van der Waals surface area contributed by atoms with E-state index in [4.69, 9.17) is 9.84 Å². The van der Waals surface area contributed by atoms with Crippen molar-refractivity contribution in [2.24, 2.45) is 0 Å². The third-order valence-corrected chi connectivity index (χ3v) is 3.63. The quantitative estimate of drug-likeness (QED) is 0.945. The van der Waals surface area contributed by atoms with E-state index in [9.17, 15) is 14.0 Å². The van der Waals surface area contributed by atoms with Crippen molar-refractivity contribution in [2.45, 2.75) is 6.92 Å². The Kier molecular flexibility index (Phi) is 3.73. The molecule has 1 N–H and O–H groups in total. The van der Waals surface area contributed by atoms with E-state index in [1.807, 2.05) is 6.92 Å². The lowest BCUT2D eigenvalue weighted by Gasteiger charge is -2.28. The van der Waals surface area contributed by atoms with Crippen molar-refractivity contribution in [3.05, 3.63) is 47.8 Å². The van der Waals surface area contributed by atoms with Crippen molar-refractivity contribution in [1.82, 2.24) is 0 Å². The van der Waals surface area contributed by atoms with Crippen molar-refractivity contribution in [2.75, 3.05) is 18.1 Å². The summed E-state index contributed by atoms with van der Waals surface area (Å²) in [7, 11) is 0. The lowest BCUT2D eigenvalue weighted by atomic mass is 10.0. The molecule has 0 bridgehead atoms. The van der Waals surface area contributed by atoms with E-state index in [1.54, 1.807) is 30.3 Å². The molecule has 1 amide bonds. The summed E-state index contributed by atoms with van der Waals surface area (Å²) >= 11 is 0. The maximum absolute atomic E-state index is 14.0. The summed E-state index contributed by atoms with van der Waals surface area (Å²) in [5.74, 6) is -1.52. The fourth-order valence-corrected chi connectivity index (χ4v) is 2.54. The fourth-order valence-electron chi connectivity index (χ4n) is 2.54. The van der Waals surface area contributed by atoms with Gasteiger partial charge in [0.2, 0.25) is 0 Å². The summed E-state index contributed by atoms with van der Waals surface area (Å²) < 4.78 is 19.4. The van der Waals surface area contributed by atoms with Gasteiger partial charge in [-0.25, -0.2) is 4.39 Å². The molecule has 0 atom stereocenters. The zero-order valence-electron chi connectivity index (χ0n) is 12.4. The number of hydrogen-bond acceptors (Lipinski definition) is 3. The number of amides is 1. The average Bonchev–Trinajstić information content (AvgIpc) is 2.52. The highest BCUT2D eigenvalue weighted by molar-refractivity contribution is 6.01. The zero-order chi connectivity index (χ0) is 16.6. The van der Waals surface area contributed by atoms with Gasteiger partial charge in [0.15, 0.2) is 6.61 Å². The number of aliphatic carboxylic acids is 1. The number of rotatable bonds is 3. The second-order valence-corrected chi connectivity index (χ2v) is 5.33. The maximum atomic E-state index is 14.0. The first kappa shape index (κ1) is 15.0. The molecule has 6 heteroatoms. The van der Waals surface area contributed by atoms with E-state index < -0.39 is 18.4 Å². The van der Waals surface area contributed by atoms with Gasteiger partial charge in [-0.05, 0) is 36.8 Å². The van der Waals surface area contributed by atoms with E-state index in [2.05, 4.69) is 0 Å². The Labute approximate surface area is 131 Å². The predicted octanol–water partition coefficient (Wildman–Crippen LogP) is 2.61. The molecule has 1 aliphatic rings. The largest absolute Gasteiger partial charge is 0.482 e. The Balaban J connectivity index is 2.04. The highest BCUT2D eigenvalue weighted by Crippen LogP contribution is 2.36. The number of carbonyl (C=O) groups excluding carboxylic acids is 1. The molecule has 1 aliphatic heterocycles. The normalized spacial score (nSPS) is 13.5. The standard InChI is InChI=1S/C17H14FNO4/c1-10-2-4-13(18)12(6-10)11-3-5-14-15(7-11)23-9-16(20)19(14)8-17(21)22/h2-7H,8-9H2,1H3,(H,21,22). The number of nitrogens with zero attached hydrogens (tertiary/aromatic N) is 1. The Morgan fingerprint density at radius 1 is 1.30 bits per heavy atom. The van der Waals surface area contributed by atoms with Gasteiger partial charge in [0, 0.05) is 5.56 Å². The molecule has 0 unspecified atom stereocenters. The summed E-state index contributed by atoms with van der Waals surface area (Å²) in [6.45, 7) is 1.19. The van der Waals surface area contributed by atoms with Crippen LogP contribution in [-0.2, 0) is 9.59 Å². The van der Waals surface area contributed by atoms with Gasteiger partial charge in [-0.15, -0.1) is 0 Å². The van der Waals surface area contributed by atoms with Gasteiger partial charge < -0.3 is 9.84 Å². The van der Waals surface area contributed by atoms with E-state index in [0.29, 0.717) is 22.6 Å². The van der Waals surface area contributed by atoms with Crippen LogP contribution in [0.3, 0.4) is 0 Å². The molecular formula is C17H14FNO4. The van der Waals surface area contributed by atoms with Crippen LogP contribution >= 0.6 is 0 Å². The third kappa shape index (κ3) is 2.88. The molecule has 0 saturated heterocycles. The van der Waals surface area contributed by atoms with Crippen LogP contribution in [0.15, 0.2) is 36.4 Å². The molecule has 0 aliphatic carbocycles. The molecule has 0 aromatic heterocycles. The SMILES string of the molecule is Cc1ccc(F)c(-c2ccc3c(c2)OCC(=O)N3CC(=O)O)c1. The average molecular weight is 315 g/mol. The van der Waals surface area contributed by atoms with Crippen LogP contribution in [0.2, 0.25) is 0 Å². The first-order valence-corrected chi connectivity index (χ1v) is 7.01. The van der Waals surface area contributed by atoms with Gasteiger partial charge in [-0.2, -0.15) is 0 Å². The molecule has 2 aromatic carbocycles. The second kappa shape index (κ2) is 5.72. The number of aryl methyl sites for hydroxylation is 1. The molecular weight excluding hydrogens is 301 g/mol. The predicted molar refractivity (Wildman–Crippen MR) is 82.1 cm³/mol. The topological polar surface area (TPSA) is 66.8 Å². The van der Waals surface area contributed by atoms with Gasteiger partial charge in [-0.3, -0.25) is 14.5 Å². The number of anilines is 1. The summed E-state index contributed by atoms with van der Waals surface area (Å²) in [6, 6.07) is 9.64. The highest BCUT2D eigenvalue weighted by atomic mass is 19.1. The number of carbonyl (C=O) groups is 2. The lowest BCUT2D eigenvalue weighted by molar-refractivity contribution is -0.137. The molecule has 118 valence electrons. The van der Waals surface area contributed by atoms with Crippen molar-refractivity contribution in [3.8, 4) is 16.9 Å². The summed E-state index contributed by atoms with van der Waals surface area (Å²) in [6.07, 6.45) is 0. The summed E-state index contributed by atoms with van der Waals surface area (Å²) in [5.41, 5.74) is 2.33. The fraction of sp³-hybridized carbons (Fsp3) is 0.176. The molecule has 5 nitrogen and oxygen atoms in total. The van der Waals surface area contributed by atoms with E-state index in [1.165, 1.54) is 6.07 Å². The van der Waals surface area contributed by atoms with Crippen molar-refractivity contribution >= 4 is 17.6 Å². The van der Waals surface area contributed by atoms with Gasteiger partial charge in [0.05, 0.1) is 5.69 Å². The first-order chi connectivity index (χ1) is 11.0. The van der Waals surface area contributed by atoms with Crippen molar-refractivity contribution in [3.63, 3.8) is 0 Å². The number of hydrogen-bond donors (Lipinski definition) is 1. The minimum absolute atomic E-state index is 0.236. The van der Waals surface area contributed by atoms with Crippen LogP contribution in [0.4, 0.5) is 10.1 Å². The number of carboxylic acids is 1. The van der Waals surface area contributed by atoms with Gasteiger partial charge >= 0.3 is 5.97 Å². The van der Waals surface area contributed by atoms with E-state index in [0.717, 1.165) is 10.5 Å². The number of carboxylic acid groups (broad SMARTS) is 1. The minimum atomic E-state index is -1.11. The zero-order valence-corrected chi connectivity index (χ0v) is 12.4. The molecule has 2 aromatic rings. The third-order valence-electron chi connectivity index (χ3n) is 3.63. The van der Waals surface area contributed by atoms with Crippen LogP contribution in [0.1, 0.15) is 5.56 Å². The maximum Gasteiger partial charge on any atom is 0.323 e. The van der Waals surface area contributed by atoms with Crippen LogP contribution < -0.4 is 9.64 Å². The van der Waals surface area contributed by atoms with Gasteiger partial charge in [0.1, 0.15) is 18.1 Å². The molecule has 1 heterocycles. The molecule has 3 rings (SSSR count). The molecule has 0 radical (unpaired) electrons. The number of benzene rings is 2. The molecule has 23 heavy (non-hydrogen) atoms. The first-order valence-electron chi connectivity index (χ1n) is 7.01. The molecule has 0 fully saturated rings. The van der Waals surface area contributed by atoms with Crippen molar-refractivity contribution in [1.29, 1.82) is 0 Å². The second-order valence-electron chi connectivity index (χ2n) is 5.33. The smallest absolute Gasteiger partial charge is 0.323 e. The number of fused-ring (bicyclic) bond motifs is 1. The highest BCUT2D eigenvalue weighted by Gasteiger charge is 2.27. The van der Waals surface area contributed by atoms with Crippen molar-refractivity contribution < 1.29 is 23.8 Å². The molecule has 0 saturated carbocycles. The Bertz CT molecular complexity index is 803. The van der Waals surface area contributed by atoms with Crippen LogP contribution in [-0.4, -0.2) is 30.1 Å². The summed E-state index contributed by atoms with van der Waals surface area (Å²) in [5, 5.41) is 8.92. The van der Waals surface area contributed by atoms with Gasteiger partial charge in [0.25, 0.3) is 5.91 Å². The minimum Gasteiger partial charge on any atom is -0.482 e. The van der Waals surface area contributed by atoms with Gasteiger partial charge in [-0.1, -0.05) is 17.7 Å².